The van der Waals surface area contributed by atoms with Gasteiger partial charge in [-0.25, -0.2) is 19.3 Å². The number of rotatable bonds is 4. The highest BCUT2D eigenvalue weighted by molar-refractivity contribution is 7.15. The molecule has 2 atom stereocenters. The second-order valence-electron chi connectivity index (χ2n) is 8.88. The molecule has 10 heteroatoms. The SMILES string of the molecule is O=C(CN1CC2CCC(C1)N2c1ncc(F)cn1)N1CCc2nc(-c3cccnc3)sc2C1. The number of anilines is 1. The Morgan fingerprint density at radius 3 is 2.67 bits per heavy atom. The Balaban J connectivity index is 1.10. The molecule has 0 aliphatic carbocycles. The first-order valence-electron chi connectivity index (χ1n) is 11.3. The molecule has 170 valence electrons. The van der Waals surface area contributed by atoms with Gasteiger partial charge in [-0.15, -0.1) is 11.3 Å². The Hall–Kier alpha value is -2.98. The van der Waals surface area contributed by atoms with Gasteiger partial charge in [0, 0.05) is 61.0 Å². The number of carbonyl (C=O) groups excluding carboxylic acids is 1. The highest BCUT2D eigenvalue weighted by Crippen LogP contribution is 2.34. The molecular weight excluding hydrogens is 441 g/mol. The topological polar surface area (TPSA) is 78.4 Å². The van der Waals surface area contributed by atoms with Crippen LogP contribution in [0.2, 0.25) is 0 Å². The smallest absolute Gasteiger partial charge is 0.237 e. The number of thiazole rings is 1. The molecule has 33 heavy (non-hydrogen) atoms. The zero-order chi connectivity index (χ0) is 22.4. The average molecular weight is 466 g/mol. The van der Waals surface area contributed by atoms with Crippen LogP contribution in [-0.2, 0) is 17.8 Å². The highest BCUT2D eigenvalue weighted by Gasteiger charge is 2.42. The first-order chi connectivity index (χ1) is 16.1. The van der Waals surface area contributed by atoms with Crippen LogP contribution in [0.5, 0.6) is 0 Å². The van der Waals surface area contributed by atoms with Crippen molar-refractivity contribution in [3.63, 3.8) is 0 Å². The normalized spacial score (nSPS) is 22.5. The van der Waals surface area contributed by atoms with Crippen LogP contribution in [0.1, 0.15) is 23.4 Å². The molecule has 6 heterocycles. The Morgan fingerprint density at radius 1 is 1.15 bits per heavy atom. The molecule has 3 aromatic rings. The summed E-state index contributed by atoms with van der Waals surface area (Å²) < 4.78 is 13.2. The average Bonchev–Trinajstić information content (AvgIpc) is 3.38. The molecule has 2 unspecified atom stereocenters. The van der Waals surface area contributed by atoms with Crippen molar-refractivity contribution in [2.45, 2.75) is 37.9 Å². The van der Waals surface area contributed by atoms with E-state index < -0.39 is 5.82 Å². The van der Waals surface area contributed by atoms with E-state index in [0.717, 1.165) is 48.6 Å². The summed E-state index contributed by atoms with van der Waals surface area (Å²) in [5.41, 5.74) is 2.13. The molecule has 3 aliphatic rings. The van der Waals surface area contributed by atoms with E-state index in [-0.39, 0.29) is 18.0 Å². The van der Waals surface area contributed by atoms with Gasteiger partial charge in [-0.3, -0.25) is 14.7 Å². The lowest BCUT2D eigenvalue weighted by Crippen LogP contribution is -2.56. The minimum absolute atomic E-state index is 0.169. The second kappa shape index (κ2) is 8.42. The summed E-state index contributed by atoms with van der Waals surface area (Å²) >= 11 is 1.66. The number of hydrogen-bond donors (Lipinski definition) is 0. The van der Waals surface area contributed by atoms with Gasteiger partial charge in [-0.05, 0) is 25.0 Å². The van der Waals surface area contributed by atoms with Crippen LogP contribution in [0.15, 0.2) is 36.9 Å². The van der Waals surface area contributed by atoms with E-state index >= 15 is 0 Å². The molecular formula is C23H24FN7OS. The number of pyridine rings is 1. The predicted octanol–water partition coefficient (Wildman–Crippen LogP) is 2.37. The molecule has 3 aliphatic heterocycles. The summed E-state index contributed by atoms with van der Waals surface area (Å²) in [5, 5.41) is 0.970. The van der Waals surface area contributed by atoms with Crippen LogP contribution in [-0.4, -0.2) is 73.9 Å². The third-order valence-corrected chi connectivity index (χ3v) is 7.88. The zero-order valence-electron chi connectivity index (χ0n) is 18.1. The Kier molecular flexibility index (Phi) is 5.26. The maximum Gasteiger partial charge on any atom is 0.237 e. The summed E-state index contributed by atoms with van der Waals surface area (Å²) in [4.78, 5) is 38.1. The number of halogens is 1. The minimum atomic E-state index is -0.423. The van der Waals surface area contributed by atoms with Crippen LogP contribution in [0, 0.1) is 5.82 Å². The molecule has 3 aromatic heterocycles. The number of likely N-dealkylation sites (tertiary alicyclic amines) is 1. The Labute approximate surface area is 195 Å². The van der Waals surface area contributed by atoms with E-state index in [2.05, 4.69) is 24.8 Å². The van der Waals surface area contributed by atoms with Gasteiger partial charge in [0.2, 0.25) is 11.9 Å². The van der Waals surface area contributed by atoms with Crippen molar-refractivity contribution in [2.75, 3.05) is 31.1 Å². The van der Waals surface area contributed by atoms with Crippen LogP contribution in [0.4, 0.5) is 10.3 Å². The molecule has 0 N–H and O–H groups in total. The minimum Gasteiger partial charge on any atom is -0.336 e. The molecule has 8 nitrogen and oxygen atoms in total. The van der Waals surface area contributed by atoms with Gasteiger partial charge < -0.3 is 9.80 Å². The zero-order valence-corrected chi connectivity index (χ0v) is 18.9. The third-order valence-electron chi connectivity index (χ3n) is 6.75. The Bertz CT molecular complexity index is 1140. The largest absolute Gasteiger partial charge is 0.336 e. The number of amides is 1. The molecule has 2 saturated heterocycles. The fraction of sp³-hybridized carbons (Fsp3) is 0.435. The third kappa shape index (κ3) is 3.97. The lowest BCUT2D eigenvalue weighted by Gasteiger charge is -2.41. The molecule has 6 rings (SSSR count). The van der Waals surface area contributed by atoms with Crippen molar-refractivity contribution < 1.29 is 9.18 Å². The van der Waals surface area contributed by atoms with E-state index in [1.807, 2.05) is 23.2 Å². The van der Waals surface area contributed by atoms with Crippen molar-refractivity contribution in [3.8, 4) is 10.6 Å². The maximum atomic E-state index is 13.2. The molecule has 2 fully saturated rings. The van der Waals surface area contributed by atoms with Crippen LogP contribution in [0.3, 0.4) is 0 Å². The Morgan fingerprint density at radius 2 is 1.94 bits per heavy atom. The van der Waals surface area contributed by atoms with E-state index in [0.29, 0.717) is 25.6 Å². The first kappa shape index (κ1) is 20.6. The number of fused-ring (bicyclic) bond motifs is 3. The predicted molar refractivity (Wildman–Crippen MR) is 122 cm³/mol. The van der Waals surface area contributed by atoms with Crippen LogP contribution >= 0.6 is 11.3 Å². The second-order valence-corrected chi connectivity index (χ2v) is 9.97. The van der Waals surface area contributed by atoms with Crippen LogP contribution in [0.25, 0.3) is 10.6 Å². The standard InChI is InChI=1S/C23H24FN7OS/c24-16-9-26-23(27-10-16)31-17-3-4-18(31)12-29(11-17)14-21(32)30-7-5-19-20(13-30)33-22(28-19)15-2-1-6-25-8-15/h1-2,6,8-10,17-18H,3-5,7,11-14H2. The van der Waals surface area contributed by atoms with Gasteiger partial charge in [-0.2, -0.15) is 0 Å². The number of piperazine rings is 1. The van der Waals surface area contributed by atoms with E-state index in [1.165, 1.54) is 17.3 Å². The van der Waals surface area contributed by atoms with Crippen molar-refractivity contribution in [1.29, 1.82) is 0 Å². The van der Waals surface area contributed by atoms with E-state index in [4.69, 9.17) is 4.98 Å². The van der Waals surface area contributed by atoms with Crippen molar-refractivity contribution in [2.24, 2.45) is 0 Å². The lowest BCUT2D eigenvalue weighted by molar-refractivity contribution is -0.133. The summed E-state index contributed by atoms with van der Waals surface area (Å²) in [5.74, 6) is 0.337. The first-order valence-corrected chi connectivity index (χ1v) is 12.1. The monoisotopic (exact) mass is 465 g/mol. The summed E-state index contributed by atoms with van der Waals surface area (Å²) in [6.45, 7) is 3.36. The summed E-state index contributed by atoms with van der Waals surface area (Å²) in [7, 11) is 0. The van der Waals surface area contributed by atoms with Crippen LogP contribution < -0.4 is 4.90 Å². The van der Waals surface area contributed by atoms with E-state index in [9.17, 15) is 9.18 Å². The van der Waals surface area contributed by atoms with Crippen molar-refractivity contribution in [3.05, 3.63) is 53.3 Å². The molecule has 0 aromatic carbocycles. The molecule has 0 spiro atoms. The van der Waals surface area contributed by atoms with Gasteiger partial charge in [-0.1, -0.05) is 0 Å². The summed E-state index contributed by atoms with van der Waals surface area (Å²) in [6, 6.07) is 4.46. The lowest BCUT2D eigenvalue weighted by atomic mass is 10.1. The number of nitrogens with zero attached hydrogens (tertiary/aromatic N) is 7. The number of aromatic nitrogens is 4. The number of hydrogen-bond acceptors (Lipinski definition) is 8. The van der Waals surface area contributed by atoms with Gasteiger partial charge in [0.15, 0.2) is 5.82 Å². The fourth-order valence-electron chi connectivity index (χ4n) is 5.20. The fourth-order valence-corrected chi connectivity index (χ4v) is 6.31. The van der Waals surface area contributed by atoms with Gasteiger partial charge in [0.05, 0.1) is 31.2 Å². The van der Waals surface area contributed by atoms with Gasteiger partial charge in [0.25, 0.3) is 0 Å². The highest BCUT2D eigenvalue weighted by atomic mass is 32.1. The molecule has 1 amide bonds. The van der Waals surface area contributed by atoms with Gasteiger partial charge in [0.1, 0.15) is 5.01 Å². The molecule has 2 bridgehead atoms. The molecule has 0 radical (unpaired) electrons. The molecule has 0 saturated carbocycles. The van der Waals surface area contributed by atoms with Crippen molar-refractivity contribution >= 4 is 23.2 Å². The van der Waals surface area contributed by atoms with Crippen molar-refractivity contribution in [1.82, 2.24) is 29.7 Å². The number of carbonyl (C=O) groups is 1. The van der Waals surface area contributed by atoms with E-state index in [1.54, 1.807) is 17.5 Å². The summed E-state index contributed by atoms with van der Waals surface area (Å²) in [6.07, 6.45) is 8.91. The maximum absolute atomic E-state index is 13.2. The quantitative estimate of drug-likeness (QED) is 0.585. The van der Waals surface area contributed by atoms with Gasteiger partial charge >= 0.3 is 0 Å².